The first-order valence-corrected chi connectivity index (χ1v) is 8.59. The Bertz CT molecular complexity index is 679. The van der Waals surface area contributed by atoms with Gasteiger partial charge < -0.3 is 15.7 Å². The van der Waals surface area contributed by atoms with Gasteiger partial charge in [0.15, 0.2) is 5.96 Å². The van der Waals surface area contributed by atoms with Gasteiger partial charge in [0, 0.05) is 24.7 Å². The zero-order valence-corrected chi connectivity index (χ0v) is 17.4. The van der Waals surface area contributed by atoms with Gasteiger partial charge in [0.25, 0.3) is 0 Å². The number of aromatic hydroxyl groups is 1. The SMILES string of the molecule is CCNC(=NCCc1cccc(O)c1)NCCc1cccc(Cl)c1.I. The second-order valence-corrected chi connectivity index (χ2v) is 5.92. The lowest BCUT2D eigenvalue weighted by atomic mass is 10.1. The topological polar surface area (TPSA) is 56.7 Å². The van der Waals surface area contributed by atoms with Gasteiger partial charge in [-0.3, -0.25) is 4.99 Å². The van der Waals surface area contributed by atoms with E-state index >= 15 is 0 Å². The van der Waals surface area contributed by atoms with Gasteiger partial charge in [0.1, 0.15) is 5.75 Å². The number of aliphatic imine (C=N–C) groups is 1. The number of benzene rings is 2. The Labute approximate surface area is 171 Å². The van der Waals surface area contributed by atoms with Gasteiger partial charge >= 0.3 is 0 Å². The van der Waals surface area contributed by atoms with Crippen molar-refractivity contribution in [1.82, 2.24) is 10.6 Å². The number of halogens is 2. The smallest absolute Gasteiger partial charge is 0.191 e. The highest BCUT2D eigenvalue weighted by atomic mass is 127. The lowest BCUT2D eigenvalue weighted by Crippen LogP contribution is -2.38. The first-order valence-electron chi connectivity index (χ1n) is 8.22. The van der Waals surface area contributed by atoms with Gasteiger partial charge in [0.05, 0.1) is 0 Å². The molecular formula is C19H25ClIN3O. The summed E-state index contributed by atoms with van der Waals surface area (Å²) in [7, 11) is 0. The largest absolute Gasteiger partial charge is 0.508 e. The van der Waals surface area contributed by atoms with Crippen molar-refractivity contribution < 1.29 is 5.11 Å². The fraction of sp³-hybridized carbons (Fsp3) is 0.316. The van der Waals surface area contributed by atoms with Crippen LogP contribution in [0.15, 0.2) is 53.5 Å². The Kier molecular flexibility index (Phi) is 10.3. The molecule has 0 aromatic heterocycles. The van der Waals surface area contributed by atoms with Crippen molar-refractivity contribution in [3.05, 3.63) is 64.7 Å². The van der Waals surface area contributed by atoms with Gasteiger partial charge in [-0.25, -0.2) is 0 Å². The summed E-state index contributed by atoms with van der Waals surface area (Å²) in [4.78, 5) is 4.57. The standard InChI is InChI=1S/C19H24ClN3O.HI/c1-2-21-19(22-11-9-15-5-3-7-17(20)13-15)23-12-10-16-6-4-8-18(24)14-16;/h3-8,13-14,24H,2,9-12H2,1H3,(H2,21,22,23);1H. The molecule has 0 spiro atoms. The lowest BCUT2D eigenvalue weighted by molar-refractivity contribution is 0.474. The average Bonchev–Trinajstić information content (AvgIpc) is 2.55. The molecule has 0 amide bonds. The number of hydrogen-bond donors (Lipinski definition) is 3. The predicted molar refractivity (Wildman–Crippen MR) is 116 cm³/mol. The molecule has 4 nitrogen and oxygen atoms in total. The van der Waals surface area contributed by atoms with Crippen LogP contribution in [0.2, 0.25) is 5.02 Å². The van der Waals surface area contributed by atoms with Crippen LogP contribution in [0, 0.1) is 0 Å². The van der Waals surface area contributed by atoms with Crippen LogP contribution < -0.4 is 10.6 Å². The molecule has 136 valence electrons. The Morgan fingerprint density at radius 3 is 2.44 bits per heavy atom. The summed E-state index contributed by atoms with van der Waals surface area (Å²) < 4.78 is 0. The summed E-state index contributed by atoms with van der Waals surface area (Å²) in [6.07, 6.45) is 1.68. The van der Waals surface area contributed by atoms with Crippen LogP contribution in [0.4, 0.5) is 0 Å². The van der Waals surface area contributed by atoms with Crippen molar-refractivity contribution in [2.75, 3.05) is 19.6 Å². The summed E-state index contributed by atoms with van der Waals surface area (Å²) in [5.74, 6) is 1.10. The third-order valence-corrected chi connectivity index (χ3v) is 3.76. The number of nitrogens with one attached hydrogen (secondary N) is 2. The number of hydrogen-bond acceptors (Lipinski definition) is 2. The number of rotatable bonds is 7. The summed E-state index contributed by atoms with van der Waals surface area (Å²) in [5.41, 5.74) is 2.28. The summed E-state index contributed by atoms with van der Waals surface area (Å²) in [6, 6.07) is 15.2. The molecule has 25 heavy (non-hydrogen) atoms. The summed E-state index contributed by atoms with van der Waals surface area (Å²) >= 11 is 6.00. The minimum atomic E-state index is 0. The molecule has 0 heterocycles. The van der Waals surface area contributed by atoms with Crippen molar-refractivity contribution in [2.24, 2.45) is 4.99 Å². The van der Waals surface area contributed by atoms with E-state index in [1.54, 1.807) is 12.1 Å². The first-order chi connectivity index (χ1) is 11.7. The van der Waals surface area contributed by atoms with Gasteiger partial charge in [0.2, 0.25) is 0 Å². The first kappa shape index (κ1) is 21.6. The van der Waals surface area contributed by atoms with Crippen LogP contribution in [-0.2, 0) is 12.8 Å². The molecule has 6 heteroatoms. The van der Waals surface area contributed by atoms with Crippen LogP contribution >= 0.6 is 35.6 Å². The van der Waals surface area contributed by atoms with Crippen LogP contribution in [0.1, 0.15) is 18.1 Å². The predicted octanol–water partition coefficient (Wildman–Crippen LogP) is 4.00. The maximum atomic E-state index is 9.48. The molecule has 2 aromatic rings. The Morgan fingerprint density at radius 2 is 1.76 bits per heavy atom. The van der Waals surface area contributed by atoms with Crippen LogP contribution in [0.3, 0.4) is 0 Å². The van der Waals surface area contributed by atoms with E-state index in [0.717, 1.165) is 42.5 Å². The Balaban J connectivity index is 0.00000312. The van der Waals surface area contributed by atoms with Crippen molar-refractivity contribution in [3.63, 3.8) is 0 Å². The van der Waals surface area contributed by atoms with Gasteiger partial charge in [-0.15, -0.1) is 24.0 Å². The maximum Gasteiger partial charge on any atom is 0.191 e. The van der Waals surface area contributed by atoms with Crippen molar-refractivity contribution in [1.29, 1.82) is 0 Å². The molecule has 2 aromatic carbocycles. The van der Waals surface area contributed by atoms with E-state index in [4.69, 9.17) is 11.6 Å². The molecule has 2 rings (SSSR count). The molecule has 0 saturated carbocycles. The van der Waals surface area contributed by atoms with Crippen LogP contribution in [0.5, 0.6) is 5.75 Å². The van der Waals surface area contributed by atoms with E-state index in [2.05, 4.69) is 21.7 Å². The Morgan fingerprint density at radius 1 is 1.04 bits per heavy atom. The molecule has 0 aliphatic carbocycles. The van der Waals surface area contributed by atoms with E-state index in [1.807, 2.05) is 37.3 Å². The quantitative estimate of drug-likeness (QED) is 0.324. The second kappa shape index (κ2) is 12.0. The third kappa shape index (κ3) is 8.45. The number of guanidine groups is 1. The maximum absolute atomic E-state index is 9.48. The molecule has 0 bridgehead atoms. The van der Waals surface area contributed by atoms with Crippen molar-refractivity contribution >= 4 is 41.5 Å². The molecule has 0 fully saturated rings. The van der Waals surface area contributed by atoms with E-state index in [1.165, 1.54) is 5.56 Å². The molecule has 0 unspecified atom stereocenters. The Hall–Kier alpha value is -1.47. The van der Waals surface area contributed by atoms with Crippen molar-refractivity contribution in [3.8, 4) is 5.75 Å². The number of phenols is 1. The van der Waals surface area contributed by atoms with Crippen molar-refractivity contribution in [2.45, 2.75) is 19.8 Å². The summed E-state index contributed by atoms with van der Waals surface area (Å²) in [5, 5.41) is 16.8. The monoisotopic (exact) mass is 473 g/mol. The number of nitrogens with zero attached hydrogens (tertiary/aromatic N) is 1. The zero-order valence-electron chi connectivity index (χ0n) is 14.3. The highest BCUT2D eigenvalue weighted by Crippen LogP contribution is 2.11. The third-order valence-electron chi connectivity index (χ3n) is 3.52. The highest BCUT2D eigenvalue weighted by molar-refractivity contribution is 14.0. The van der Waals surface area contributed by atoms with Gasteiger partial charge in [-0.1, -0.05) is 35.9 Å². The normalized spacial score (nSPS) is 10.9. The minimum Gasteiger partial charge on any atom is -0.508 e. The highest BCUT2D eigenvalue weighted by Gasteiger charge is 1.99. The average molecular weight is 474 g/mol. The zero-order chi connectivity index (χ0) is 17.2. The molecule has 3 N–H and O–H groups in total. The fourth-order valence-corrected chi connectivity index (χ4v) is 2.58. The minimum absolute atomic E-state index is 0. The van der Waals surface area contributed by atoms with E-state index in [9.17, 15) is 5.11 Å². The fourth-order valence-electron chi connectivity index (χ4n) is 2.37. The molecule has 0 aliphatic rings. The summed E-state index contributed by atoms with van der Waals surface area (Å²) in [6.45, 7) is 4.31. The van der Waals surface area contributed by atoms with Crippen LogP contribution in [-0.4, -0.2) is 30.7 Å². The van der Waals surface area contributed by atoms with E-state index in [-0.39, 0.29) is 24.0 Å². The molecule has 0 saturated heterocycles. The molecule has 0 atom stereocenters. The lowest BCUT2D eigenvalue weighted by Gasteiger charge is -2.11. The molecule has 0 aliphatic heterocycles. The number of phenolic OH excluding ortho intramolecular Hbond substituents is 1. The van der Waals surface area contributed by atoms with Gasteiger partial charge in [-0.05, 0) is 55.2 Å². The van der Waals surface area contributed by atoms with Gasteiger partial charge in [-0.2, -0.15) is 0 Å². The molecular weight excluding hydrogens is 449 g/mol. The van der Waals surface area contributed by atoms with E-state index < -0.39 is 0 Å². The second-order valence-electron chi connectivity index (χ2n) is 5.49. The van der Waals surface area contributed by atoms with E-state index in [0.29, 0.717) is 12.3 Å². The van der Waals surface area contributed by atoms with Crippen LogP contribution in [0.25, 0.3) is 0 Å². The molecule has 0 radical (unpaired) electrons.